The Bertz CT molecular complexity index is 401. The van der Waals surface area contributed by atoms with Gasteiger partial charge in [-0.25, -0.2) is 0 Å². The molecule has 0 aliphatic carbocycles. The van der Waals surface area contributed by atoms with E-state index in [0.29, 0.717) is 12.5 Å². The highest BCUT2D eigenvalue weighted by molar-refractivity contribution is 5.84. The van der Waals surface area contributed by atoms with E-state index >= 15 is 0 Å². The molecule has 0 aliphatic rings. The second-order valence-corrected chi connectivity index (χ2v) is 5.38. The van der Waals surface area contributed by atoms with E-state index in [4.69, 9.17) is 4.74 Å². The molecule has 1 aromatic rings. The number of carbonyl (C=O) groups excluding carboxylic acids is 1. The van der Waals surface area contributed by atoms with Gasteiger partial charge in [0.2, 0.25) is 5.91 Å². The maximum atomic E-state index is 11.9. The van der Waals surface area contributed by atoms with Gasteiger partial charge in [-0.3, -0.25) is 4.79 Å². The molecule has 1 rings (SSSR count). The number of hydrogen-bond acceptors (Lipinski definition) is 3. The summed E-state index contributed by atoms with van der Waals surface area (Å²) in [6.07, 6.45) is 0.993. The van der Waals surface area contributed by atoms with Crippen LogP contribution >= 0.6 is 0 Å². The number of hydrogen-bond donors (Lipinski definition) is 2. The van der Waals surface area contributed by atoms with Gasteiger partial charge in [0.15, 0.2) is 0 Å². The lowest BCUT2D eigenvalue weighted by Gasteiger charge is -2.16. The Morgan fingerprint density at radius 2 is 1.85 bits per heavy atom. The summed E-state index contributed by atoms with van der Waals surface area (Å²) in [5, 5.41) is 6.10. The van der Waals surface area contributed by atoms with Crippen LogP contribution in [0, 0.1) is 5.92 Å². The monoisotopic (exact) mass is 278 g/mol. The van der Waals surface area contributed by atoms with Crippen molar-refractivity contribution in [3.63, 3.8) is 0 Å². The Labute approximate surface area is 121 Å². The summed E-state index contributed by atoms with van der Waals surface area (Å²) in [7, 11) is 0. The number of nitrogens with one attached hydrogen (secondary N) is 2. The van der Waals surface area contributed by atoms with E-state index < -0.39 is 0 Å². The highest BCUT2D eigenvalue weighted by Crippen LogP contribution is 2.16. The van der Waals surface area contributed by atoms with Crippen molar-refractivity contribution in [2.24, 2.45) is 5.92 Å². The average molecular weight is 278 g/mol. The minimum absolute atomic E-state index is 0.0185. The van der Waals surface area contributed by atoms with Crippen molar-refractivity contribution in [1.82, 2.24) is 5.32 Å². The van der Waals surface area contributed by atoms with Gasteiger partial charge in [0, 0.05) is 12.2 Å². The summed E-state index contributed by atoms with van der Waals surface area (Å²) in [6, 6.07) is 7.43. The first-order valence-corrected chi connectivity index (χ1v) is 7.30. The molecule has 0 fully saturated rings. The molecule has 20 heavy (non-hydrogen) atoms. The molecule has 0 aromatic heterocycles. The van der Waals surface area contributed by atoms with Crippen LogP contribution in [-0.4, -0.2) is 25.1 Å². The molecule has 0 radical (unpaired) electrons. The molecular weight excluding hydrogens is 252 g/mol. The minimum atomic E-state index is -0.254. The van der Waals surface area contributed by atoms with E-state index in [2.05, 4.69) is 31.4 Å². The van der Waals surface area contributed by atoms with Gasteiger partial charge in [-0.1, -0.05) is 20.8 Å². The summed E-state index contributed by atoms with van der Waals surface area (Å²) in [5.41, 5.74) is 0.918. The molecule has 0 bridgehead atoms. The van der Waals surface area contributed by atoms with Gasteiger partial charge < -0.3 is 15.4 Å². The molecule has 0 saturated heterocycles. The number of amides is 1. The van der Waals surface area contributed by atoms with Crippen molar-refractivity contribution >= 4 is 11.6 Å². The maximum Gasteiger partial charge on any atom is 0.242 e. The Morgan fingerprint density at radius 3 is 2.40 bits per heavy atom. The highest BCUT2D eigenvalue weighted by Gasteiger charge is 2.12. The molecule has 0 spiro atoms. The quantitative estimate of drug-likeness (QED) is 0.768. The van der Waals surface area contributed by atoms with Gasteiger partial charge >= 0.3 is 0 Å². The molecule has 0 saturated carbocycles. The number of anilines is 1. The van der Waals surface area contributed by atoms with E-state index in [0.717, 1.165) is 24.5 Å². The van der Waals surface area contributed by atoms with Crippen molar-refractivity contribution in [3.8, 4) is 5.75 Å². The zero-order chi connectivity index (χ0) is 15.0. The largest absolute Gasteiger partial charge is 0.494 e. The first-order valence-electron chi connectivity index (χ1n) is 7.30. The smallest absolute Gasteiger partial charge is 0.242 e. The minimum Gasteiger partial charge on any atom is -0.494 e. The van der Waals surface area contributed by atoms with Crippen LogP contribution in [0.25, 0.3) is 0 Å². The Morgan fingerprint density at radius 1 is 1.20 bits per heavy atom. The fourth-order valence-electron chi connectivity index (χ4n) is 1.64. The van der Waals surface area contributed by atoms with Crippen LogP contribution in [0.5, 0.6) is 5.75 Å². The standard InChI is InChI=1S/C16H26N2O2/c1-5-10-20-15-8-6-14(7-9-15)18-13(4)16(19)17-11-12(2)3/h6-9,12-13,18H,5,10-11H2,1-4H3,(H,17,19). The second kappa shape index (κ2) is 8.46. The van der Waals surface area contributed by atoms with Crippen molar-refractivity contribution in [2.45, 2.75) is 40.2 Å². The van der Waals surface area contributed by atoms with Crippen LogP contribution < -0.4 is 15.4 Å². The fraction of sp³-hybridized carbons (Fsp3) is 0.562. The van der Waals surface area contributed by atoms with Crippen LogP contribution in [-0.2, 0) is 4.79 Å². The molecule has 1 unspecified atom stereocenters. The molecule has 4 heteroatoms. The number of carbonyl (C=O) groups is 1. The first-order chi connectivity index (χ1) is 9.52. The normalized spacial score (nSPS) is 12.1. The van der Waals surface area contributed by atoms with E-state index in [1.807, 2.05) is 31.2 Å². The SMILES string of the molecule is CCCOc1ccc(NC(C)C(=O)NCC(C)C)cc1. The third kappa shape index (κ3) is 5.95. The lowest BCUT2D eigenvalue weighted by molar-refractivity contribution is -0.121. The molecule has 4 nitrogen and oxygen atoms in total. The number of benzene rings is 1. The molecule has 2 N–H and O–H groups in total. The second-order valence-electron chi connectivity index (χ2n) is 5.38. The predicted octanol–water partition coefficient (Wildman–Crippen LogP) is 3.05. The molecule has 1 atom stereocenters. The van der Waals surface area contributed by atoms with Gasteiger partial charge in [-0.15, -0.1) is 0 Å². The van der Waals surface area contributed by atoms with Crippen LogP contribution in [0.4, 0.5) is 5.69 Å². The van der Waals surface area contributed by atoms with Gasteiger partial charge in [0.05, 0.1) is 6.61 Å². The molecule has 1 amide bonds. The highest BCUT2D eigenvalue weighted by atomic mass is 16.5. The van der Waals surface area contributed by atoms with Crippen LogP contribution in [0.3, 0.4) is 0 Å². The predicted molar refractivity (Wildman–Crippen MR) is 83.2 cm³/mol. The molecular formula is C16H26N2O2. The summed E-state index contributed by atoms with van der Waals surface area (Å²) in [6.45, 7) is 9.51. The van der Waals surface area contributed by atoms with Gasteiger partial charge in [0.1, 0.15) is 11.8 Å². The molecule has 0 aliphatic heterocycles. The lowest BCUT2D eigenvalue weighted by Crippen LogP contribution is -2.39. The van der Waals surface area contributed by atoms with Crippen molar-refractivity contribution in [1.29, 1.82) is 0 Å². The van der Waals surface area contributed by atoms with Gasteiger partial charge in [-0.2, -0.15) is 0 Å². The number of rotatable bonds is 8. The van der Waals surface area contributed by atoms with E-state index in [-0.39, 0.29) is 11.9 Å². The maximum absolute atomic E-state index is 11.9. The Kier molecular flexibility index (Phi) is 6.91. The topological polar surface area (TPSA) is 50.4 Å². The summed E-state index contributed by atoms with van der Waals surface area (Å²) in [5.74, 6) is 1.33. The van der Waals surface area contributed by atoms with E-state index in [1.165, 1.54) is 0 Å². The Hall–Kier alpha value is -1.71. The van der Waals surface area contributed by atoms with Crippen molar-refractivity contribution < 1.29 is 9.53 Å². The lowest BCUT2D eigenvalue weighted by atomic mass is 10.2. The van der Waals surface area contributed by atoms with E-state index in [1.54, 1.807) is 0 Å². The zero-order valence-electron chi connectivity index (χ0n) is 12.9. The molecule has 1 aromatic carbocycles. The zero-order valence-corrected chi connectivity index (χ0v) is 12.9. The van der Waals surface area contributed by atoms with Crippen molar-refractivity contribution in [3.05, 3.63) is 24.3 Å². The fourth-order valence-corrected chi connectivity index (χ4v) is 1.64. The number of ether oxygens (including phenoxy) is 1. The average Bonchev–Trinajstić information content (AvgIpc) is 2.43. The molecule has 0 heterocycles. The molecule has 112 valence electrons. The third-order valence-corrected chi connectivity index (χ3v) is 2.79. The Balaban J connectivity index is 2.44. The van der Waals surface area contributed by atoms with E-state index in [9.17, 15) is 4.79 Å². The van der Waals surface area contributed by atoms with Crippen molar-refractivity contribution in [2.75, 3.05) is 18.5 Å². The first kappa shape index (κ1) is 16.3. The third-order valence-electron chi connectivity index (χ3n) is 2.79. The summed E-state index contributed by atoms with van der Waals surface area (Å²) < 4.78 is 5.52. The van der Waals surface area contributed by atoms with Crippen LogP contribution in [0.1, 0.15) is 34.1 Å². The van der Waals surface area contributed by atoms with Crippen LogP contribution in [0.15, 0.2) is 24.3 Å². The van der Waals surface area contributed by atoms with Gasteiger partial charge in [0.25, 0.3) is 0 Å². The van der Waals surface area contributed by atoms with Crippen LogP contribution in [0.2, 0.25) is 0 Å². The summed E-state index contributed by atoms with van der Waals surface area (Å²) >= 11 is 0. The summed E-state index contributed by atoms with van der Waals surface area (Å²) in [4.78, 5) is 11.9. The van der Waals surface area contributed by atoms with Gasteiger partial charge in [-0.05, 0) is 43.5 Å².